The number of anilines is 3. The molecule has 1 saturated heterocycles. The monoisotopic (exact) mass is 433 g/mol. The Kier molecular flexibility index (Phi) is 6.05. The Morgan fingerprint density at radius 1 is 1.09 bits per heavy atom. The van der Waals surface area contributed by atoms with E-state index in [1.807, 2.05) is 30.3 Å². The third-order valence-corrected chi connectivity index (χ3v) is 5.51. The normalized spacial score (nSPS) is 15.3. The van der Waals surface area contributed by atoms with Crippen molar-refractivity contribution in [2.45, 2.75) is 0 Å². The van der Waals surface area contributed by atoms with Gasteiger partial charge in [-0.2, -0.15) is 5.26 Å². The molecule has 0 saturated carbocycles. The number of ketones is 1. The van der Waals surface area contributed by atoms with Gasteiger partial charge in [-0.15, -0.1) is 0 Å². The minimum absolute atomic E-state index is 0.0696. The fraction of sp³-hybridized carbons (Fsp3) is 0.304. The summed E-state index contributed by atoms with van der Waals surface area (Å²) in [4.78, 5) is 35.1. The first-order chi connectivity index (χ1) is 15.5. The van der Waals surface area contributed by atoms with Crippen LogP contribution in [0.15, 0.2) is 54.0 Å². The zero-order chi connectivity index (χ0) is 22.7. The van der Waals surface area contributed by atoms with Crippen molar-refractivity contribution >= 4 is 28.9 Å². The minimum Gasteiger partial charge on any atom is -0.454 e. The van der Waals surface area contributed by atoms with Crippen LogP contribution in [0.25, 0.3) is 0 Å². The maximum absolute atomic E-state index is 12.8. The molecule has 0 aliphatic carbocycles. The first-order valence-electron chi connectivity index (χ1n) is 10.2. The van der Waals surface area contributed by atoms with Gasteiger partial charge < -0.3 is 24.2 Å². The lowest BCUT2D eigenvalue weighted by Gasteiger charge is -2.27. The number of carbonyl (C=O) groups is 2. The number of aromatic nitrogens is 1. The molecule has 1 aromatic heterocycles. The molecule has 2 aliphatic heterocycles. The summed E-state index contributed by atoms with van der Waals surface area (Å²) in [5.74, 6) is -0.0334. The number of rotatable bonds is 5. The van der Waals surface area contributed by atoms with E-state index in [0.717, 1.165) is 30.3 Å². The summed E-state index contributed by atoms with van der Waals surface area (Å²) in [6.45, 7) is 2.22. The van der Waals surface area contributed by atoms with Gasteiger partial charge in [0.1, 0.15) is 23.3 Å². The van der Waals surface area contributed by atoms with Crippen molar-refractivity contribution in [2.75, 3.05) is 61.7 Å². The fourth-order valence-corrected chi connectivity index (χ4v) is 3.83. The number of carbonyl (C=O) groups excluding carboxylic acids is 2. The van der Waals surface area contributed by atoms with Gasteiger partial charge in [-0.05, 0) is 24.3 Å². The largest absolute Gasteiger partial charge is 0.454 e. The molecule has 2 aromatic rings. The van der Waals surface area contributed by atoms with Gasteiger partial charge in [0.2, 0.25) is 5.78 Å². The second-order valence-corrected chi connectivity index (χ2v) is 7.42. The second kappa shape index (κ2) is 9.08. The van der Waals surface area contributed by atoms with Crippen LogP contribution in [0.2, 0.25) is 0 Å². The van der Waals surface area contributed by atoms with Crippen molar-refractivity contribution in [1.82, 2.24) is 4.98 Å². The number of nitriles is 1. The standard InChI is InChI=1S/C23H23N5O4/c1-26-18-5-3-4-6-19(18)27(2)22(26)17(13-24)20(29)15-32-23(30)16-7-8-21(25-14-16)28-9-11-31-12-10-28/h3-8,14H,9-12,15H2,1-2H3. The highest BCUT2D eigenvalue weighted by molar-refractivity contribution is 6.04. The summed E-state index contributed by atoms with van der Waals surface area (Å²) < 4.78 is 10.5. The van der Waals surface area contributed by atoms with E-state index in [1.54, 1.807) is 36.0 Å². The number of Topliss-reactive ketones (excluding diaryl/α,β-unsaturated/α-hetero) is 1. The molecule has 164 valence electrons. The molecule has 0 amide bonds. The van der Waals surface area contributed by atoms with Crippen molar-refractivity contribution in [2.24, 2.45) is 0 Å². The molecule has 2 aliphatic rings. The summed E-state index contributed by atoms with van der Waals surface area (Å²) in [6.07, 6.45) is 1.43. The predicted molar refractivity (Wildman–Crippen MR) is 118 cm³/mol. The highest BCUT2D eigenvalue weighted by Gasteiger charge is 2.31. The molecule has 3 heterocycles. The lowest BCUT2D eigenvalue weighted by Crippen LogP contribution is -2.36. The van der Waals surface area contributed by atoms with Crippen LogP contribution in [0, 0.1) is 11.3 Å². The summed E-state index contributed by atoms with van der Waals surface area (Å²) in [6, 6.07) is 12.9. The number of esters is 1. The molecular formula is C23H23N5O4. The van der Waals surface area contributed by atoms with Crippen molar-refractivity contribution in [3.05, 3.63) is 59.6 Å². The lowest BCUT2D eigenvalue weighted by atomic mass is 10.2. The number of para-hydroxylation sites is 2. The fourth-order valence-electron chi connectivity index (χ4n) is 3.83. The Morgan fingerprint density at radius 3 is 2.31 bits per heavy atom. The highest BCUT2D eigenvalue weighted by atomic mass is 16.5. The maximum atomic E-state index is 12.8. The van der Waals surface area contributed by atoms with E-state index in [4.69, 9.17) is 9.47 Å². The van der Waals surface area contributed by atoms with Crippen LogP contribution >= 0.6 is 0 Å². The molecule has 1 fully saturated rings. The van der Waals surface area contributed by atoms with Crippen LogP contribution in [-0.2, 0) is 14.3 Å². The average Bonchev–Trinajstić information content (AvgIpc) is 3.09. The van der Waals surface area contributed by atoms with Crippen LogP contribution in [0.5, 0.6) is 0 Å². The number of ether oxygens (including phenoxy) is 2. The van der Waals surface area contributed by atoms with Crippen LogP contribution in [0.1, 0.15) is 10.4 Å². The van der Waals surface area contributed by atoms with Gasteiger partial charge in [-0.3, -0.25) is 4.79 Å². The van der Waals surface area contributed by atoms with Crippen molar-refractivity contribution in [3.8, 4) is 6.07 Å². The summed E-state index contributed by atoms with van der Waals surface area (Å²) >= 11 is 0. The maximum Gasteiger partial charge on any atom is 0.340 e. The van der Waals surface area contributed by atoms with Crippen molar-refractivity contribution in [1.29, 1.82) is 5.26 Å². The van der Waals surface area contributed by atoms with E-state index < -0.39 is 18.4 Å². The van der Waals surface area contributed by atoms with E-state index in [0.29, 0.717) is 19.0 Å². The first kappa shape index (κ1) is 21.3. The van der Waals surface area contributed by atoms with E-state index in [1.165, 1.54) is 6.20 Å². The van der Waals surface area contributed by atoms with E-state index in [2.05, 4.69) is 9.88 Å². The molecular weight excluding hydrogens is 410 g/mol. The number of hydrogen-bond acceptors (Lipinski definition) is 9. The van der Waals surface area contributed by atoms with Gasteiger partial charge in [-0.1, -0.05) is 12.1 Å². The topological polar surface area (TPSA) is 99.0 Å². The Bertz CT molecular complexity index is 1070. The van der Waals surface area contributed by atoms with E-state index >= 15 is 0 Å². The van der Waals surface area contributed by atoms with Gasteiger partial charge in [0.15, 0.2) is 6.61 Å². The van der Waals surface area contributed by atoms with Gasteiger partial charge in [0, 0.05) is 33.4 Å². The number of hydrogen-bond donors (Lipinski definition) is 0. The molecule has 0 atom stereocenters. The summed E-state index contributed by atoms with van der Waals surface area (Å²) in [7, 11) is 3.58. The van der Waals surface area contributed by atoms with Crippen LogP contribution in [0.4, 0.5) is 17.2 Å². The molecule has 4 rings (SSSR count). The number of morpholine rings is 1. The number of pyridine rings is 1. The zero-order valence-electron chi connectivity index (χ0n) is 17.9. The molecule has 1 aromatic carbocycles. The van der Waals surface area contributed by atoms with Crippen molar-refractivity contribution in [3.63, 3.8) is 0 Å². The highest BCUT2D eigenvalue weighted by Crippen LogP contribution is 2.40. The van der Waals surface area contributed by atoms with Crippen LogP contribution in [0.3, 0.4) is 0 Å². The third-order valence-electron chi connectivity index (χ3n) is 5.51. The third kappa shape index (κ3) is 4.00. The Morgan fingerprint density at radius 2 is 1.75 bits per heavy atom. The number of nitrogens with zero attached hydrogens (tertiary/aromatic N) is 5. The lowest BCUT2D eigenvalue weighted by molar-refractivity contribution is -0.118. The Labute approximate surface area is 186 Å². The van der Waals surface area contributed by atoms with Crippen LogP contribution < -0.4 is 14.7 Å². The quantitative estimate of drug-likeness (QED) is 0.398. The summed E-state index contributed by atoms with van der Waals surface area (Å²) in [5.41, 5.74) is 1.94. The molecule has 0 radical (unpaired) electrons. The van der Waals surface area contributed by atoms with Gasteiger partial charge in [0.05, 0.1) is 30.2 Å². The minimum atomic E-state index is -0.668. The van der Waals surface area contributed by atoms with Crippen LogP contribution in [-0.4, -0.2) is 63.7 Å². The molecule has 9 nitrogen and oxygen atoms in total. The molecule has 0 bridgehead atoms. The smallest absolute Gasteiger partial charge is 0.340 e. The molecule has 0 unspecified atom stereocenters. The number of fused-ring (bicyclic) bond motifs is 1. The SMILES string of the molecule is CN1C(=C(C#N)C(=O)COC(=O)c2ccc(N3CCOCC3)nc2)N(C)c2ccccc21. The molecule has 0 N–H and O–H groups in total. The molecule has 9 heteroatoms. The molecule has 32 heavy (non-hydrogen) atoms. The van der Waals surface area contributed by atoms with Gasteiger partial charge in [-0.25, -0.2) is 9.78 Å². The summed E-state index contributed by atoms with van der Waals surface area (Å²) in [5, 5.41) is 9.66. The number of benzene rings is 1. The van der Waals surface area contributed by atoms with E-state index in [-0.39, 0.29) is 11.1 Å². The first-order valence-corrected chi connectivity index (χ1v) is 10.2. The van der Waals surface area contributed by atoms with Gasteiger partial charge in [0.25, 0.3) is 0 Å². The van der Waals surface area contributed by atoms with Crippen molar-refractivity contribution < 1.29 is 19.1 Å². The zero-order valence-corrected chi connectivity index (χ0v) is 17.9. The Hall–Kier alpha value is -3.90. The second-order valence-electron chi connectivity index (χ2n) is 7.42. The predicted octanol–water partition coefficient (Wildman–Crippen LogP) is 1.97. The average molecular weight is 433 g/mol. The molecule has 0 spiro atoms. The Balaban J connectivity index is 1.43. The van der Waals surface area contributed by atoms with E-state index in [9.17, 15) is 14.9 Å². The van der Waals surface area contributed by atoms with Gasteiger partial charge >= 0.3 is 5.97 Å².